The van der Waals surface area contributed by atoms with Crippen LogP contribution in [0, 0.1) is 0 Å². The van der Waals surface area contributed by atoms with Gasteiger partial charge in [0.2, 0.25) is 0 Å². The molecule has 0 fully saturated rings. The minimum Gasteiger partial charge on any atom is -0.497 e. The Labute approximate surface area is 213 Å². The lowest BCUT2D eigenvalue weighted by atomic mass is 9.80. The lowest BCUT2D eigenvalue weighted by molar-refractivity contribution is -0.0611. The van der Waals surface area contributed by atoms with Crippen molar-refractivity contribution in [2.75, 3.05) is 26.9 Å². The molecule has 0 aromatic heterocycles. The van der Waals surface area contributed by atoms with Crippen molar-refractivity contribution in [3.8, 4) is 5.75 Å². The van der Waals surface area contributed by atoms with Crippen molar-refractivity contribution < 1.29 is 19.3 Å². The summed E-state index contributed by atoms with van der Waals surface area (Å²) in [6.07, 6.45) is 3.15. The number of methoxy groups -OCH3 is 1. The third-order valence-electron chi connectivity index (χ3n) is 5.98. The van der Waals surface area contributed by atoms with E-state index in [1.807, 2.05) is 103 Å². The molecule has 4 aromatic rings. The van der Waals surface area contributed by atoms with Crippen molar-refractivity contribution in [1.82, 2.24) is 0 Å². The molecule has 4 nitrogen and oxygen atoms in total. The summed E-state index contributed by atoms with van der Waals surface area (Å²) in [5, 5.41) is 10.8. The summed E-state index contributed by atoms with van der Waals surface area (Å²) in [7, 11) is 1.65. The predicted octanol–water partition coefficient (Wildman–Crippen LogP) is 6.09. The summed E-state index contributed by atoms with van der Waals surface area (Å²) < 4.78 is 17.7. The molecule has 4 rings (SSSR count). The van der Waals surface area contributed by atoms with Gasteiger partial charge in [-0.15, -0.1) is 0 Å². The average molecular weight is 481 g/mol. The fourth-order valence-electron chi connectivity index (χ4n) is 4.21. The van der Waals surface area contributed by atoms with E-state index in [0.29, 0.717) is 6.61 Å². The van der Waals surface area contributed by atoms with Crippen molar-refractivity contribution in [2.24, 2.45) is 0 Å². The highest BCUT2D eigenvalue weighted by Gasteiger charge is 2.38. The lowest BCUT2D eigenvalue weighted by Crippen LogP contribution is -2.36. The first-order chi connectivity index (χ1) is 17.7. The summed E-state index contributed by atoms with van der Waals surface area (Å²) in [6, 6.07) is 38.1. The van der Waals surface area contributed by atoms with E-state index in [1.54, 1.807) is 7.11 Å². The van der Waals surface area contributed by atoms with Crippen LogP contribution in [0.1, 0.15) is 22.3 Å². The SMILES string of the molecule is COc1ccc(C(OC[C@@H](O)COC/C=C/c2ccccc2)(c2ccccc2)c2ccccc2)cc1. The molecule has 4 heteroatoms. The van der Waals surface area contributed by atoms with Gasteiger partial charge in [-0.05, 0) is 34.4 Å². The Kier molecular flexibility index (Phi) is 9.06. The number of hydrogen-bond acceptors (Lipinski definition) is 4. The van der Waals surface area contributed by atoms with Gasteiger partial charge in [-0.2, -0.15) is 0 Å². The summed E-state index contributed by atoms with van der Waals surface area (Å²) >= 11 is 0. The van der Waals surface area contributed by atoms with E-state index in [1.165, 1.54) is 0 Å². The third kappa shape index (κ3) is 6.29. The van der Waals surface area contributed by atoms with Crippen LogP contribution in [0.2, 0.25) is 0 Å². The molecule has 0 aliphatic carbocycles. The largest absolute Gasteiger partial charge is 0.497 e. The molecule has 0 spiro atoms. The van der Waals surface area contributed by atoms with Gasteiger partial charge >= 0.3 is 0 Å². The Morgan fingerprint density at radius 3 is 1.78 bits per heavy atom. The predicted molar refractivity (Wildman–Crippen MR) is 144 cm³/mol. The van der Waals surface area contributed by atoms with Gasteiger partial charge in [0.15, 0.2) is 0 Å². The maximum atomic E-state index is 10.8. The van der Waals surface area contributed by atoms with Gasteiger partial charge in [-0.3, -0.25) is 0 Å². The maximum absolute atomic E-state index is 10.8. The maximum Gasteiger partial charge on any atom is 0.143 e. The standard InChI is InChI=1S/C32H32O4/c1-34-31-21-19-29(20-22-31)32(27-15-7-3-8-16-27,28-17-9-4-10-18-28)36-25-30(33)24-35-23-11-14-26-12-5-2-6-13-26/h2-22,30,33H,23-25H2,1H3/b14-11+/t30-/m0/s1. The molecular formula is C32H32O4. The number of aliphatic hydroxyl groups excluding tert-OH is 1. The first-order valence-electron chi connectivity index (χ1n) is 12.1. The molecule has 0 saturated heterocycles. The van der Waals surface area contributed by atoms with Crippen LogP contribution in [0.25, 0.3) is 6.08 Å². The highest BCUT2D eigenvalue weighted by Crippen LogP contribution is 2.41. The van der Waals surface area contributed by atoms with Gasteiger partial charge in [0.1, 0.15) is 17.5 Å². The van der Waals surface area contributed by atoms with E-state index >= 15 is 0 Å². The van der Waals surface area contributed by atoms with Crippen molar-refractivity contribution in [3.05, 3.63) is 144 Å². The molecular weight excluding hydrogens is 448 g/mol. The smallest absolute Gasteiger partial charge is 0.143 e. The van der Waals surface area contributed by atoms with Crippen LogP contribution in [-0.4, -0.2) is 38.1 Å². The van der Waals surface area contributed by atoms with E-state index < -0.39 is 11.7 Å². The quantitative estimate of drug-likeness (QED) is 0.197. The van der Waals surface area contributed by atoms with Crippen molar-refractivity contribution in [3.63, 3.8) is 0 Å². The second-order valence-corrected chi connectivity index (χ2v) is 8.46. The van der Waals surface area contributed by atoms with Crippen molar-refractivity contribution >= 4 is 6.08 Å². The van der Waals surface area contributed by atoms with Crippen LogP contribution in [0.15, 0.2) is 121 Å². The van der Waals surface area contributed by atoms with Crippen molar-refractivity contribution in [1.29, 1.82) is 0 Å². The van der Waals surface area contributed by atoms with E-state index in [9.17, 15) is 5.11 Å². The number of aliphatic hydroxyl groups is 1. The fraction of sp³-hybridized carbons (Fsp3) is 0.188. The van der Waals surface area contributed by atoms with E-state index in [0.717, 1.165) is 28.0 Å². The minimum absolute atomic E-state index is 0.0955. The Balaban J connectivity index is 1.53. The normalized spacial score (nSPS) is 12.5. The number of rotatable bonds is 12. The Morgan fingerprint density at radius 1 is 0.694 bits per heavy atom. The van der Waals surface area contributed by atoms with Crippen LogP contribution in [0.5, 0.6) is 5.75 Å². The van der Waals surface area contributed by atoms with Crippen LogP contribution in [0.4, 0.5) is 0 Å². The summed E-state index contributed by atoms with van der Waals surface area (Å²) in [6.45, 7) is 0.673. The third-order valence-corrected chi connectivity index (χ3v) is 5.98. The minimum atomic E-state index is -0.914. The Morgan fingerprint density at radius 2 is 1.22 bits per heavy atom. The Hall–Kier alpha value is -3.70. The molecule has 0 unspecified atom stereocenters. The van der Waals surface area contributed by atoms with E-state index in [4.69, 9.17) is 14.2 Å². The molecule has 0 heterocycles. The summed E-state index contributed by atoms with van der Waals surface area (Å²) in [5.74, 6) is 0.769. The molecule has 184 valence electrons. The summed E-state index contributed by atoms with van der Waals surface area (Å²) in [4.78, 5) is 0. The Bertz CT molecular complexity index is 1150. The van der Waals surface area contributed by atoms with Crippen LogP contribution >= 0.6 is 0 Å². The van der Waals surface area contributed by atoms with Gasteiger partial charge in [0.25, 0.3) is 0 Å². The van der Waals surface area contributed by atoms with E-state index in [-0.39, 0.29) is 13.2 Å². The van der Waals surface area contributed by atoms with Crippen LogP contribution in [0.3, 0.4) is 0 Å². The highest BCUT2D eigenvalue weighted by molar-refractivity contribution is 5.49. The van der Waals surface area contributed by atoms with Gasteiger partial charge < -0.3 is 19.3 Å². The molecule has 0 bridgehead atoms. The molecule has 0 amide bonds. The zero-order valence-corrected chi connectivity index (χ0v) is 20.5. The molecule has 36 heavy (non-hydrogen) atoms. The molecule has 0 aliphatic rings. The lowest BCUT2D eigenvalue weighted by Gasteiger charge is -2.36. The van der Waals surface area contributed by atoms with Gasteiger partial charge in [-0.25, -0.2) is 0 Å². The zero-order chi connectivity index (χ0) is 25.1. The highest BCUT2D eigenvalue weighted by atomic mass is 16.5. The van der Waals surface area contributed by atoms with Crippen LogP contribution in [-0.2, 0) is 15.1 Å². The topological polar surface area (TPSA) is 47.9 Å². The van der Waals surface area contributed by atoms with Crippen molar-refractivity contribution in [2.45, 2.75) is 11.7 Å². The van der Waals surface area contributed by atoms with Gasteiger partial charge in [0, 0.05) is 0 Å². The van der Waals surface area contributed by atoms with E-state index in [2.05, 4.69) is 24.3 Å². The number of hydrogen-bond donors (Lipinski definition) is 1. The van der Waals surface area contributed by atoms with Gasteiger partial charge in [0.05, 0.1) is 26.9 Å². The molecule has 0 radical (unpaired) electrons. The first kappa shape index (κ1) is 25.4. The van der Waals surface area contributed by atoms with Gasteiger partial charge in [-0.1, -0.05) is 115 Å². The monoisotopic (exact) mass is 480 g/mol. The average Bonchev–Trinajstić information content (AvgIpc) is 2.95. The number of benzene rings is 4. The number of ether oxygens (including phenoxy) is 3. The second-order valence-electron chi connectivity index (χ2n) is 8.46. The molecule has 0 aliphatic heterocycles. The van der Waals surface area contributed by atoms with Crippen LogP contribution < -0.4 is 4.74 Å². The zero-order valence-electron chi connectivity index (χ0n) is 20.5. The molecule has 1 atom stereocenters. The summed E-state index contributed by atoms with van der Waals surface area (Å²) in [5.41, 5.74) is 3.09. The second kappa shape index (κ2) is 12.8. The molecule has 1 N–H and O–H groups in total. The molecule has 0 saturated carbocycles. The molecule has 4 aromatic carbocycles. The first-order valence-corrected chi connectivity index (χ1v) is 12.1. The fourth-order valence-corrected chi connectivity index (χ4v) is 4.21.